The molecular weight excluding hydrogens is 240 g/mol. The third kappa shape index (κ3) is 2.97. The van der Waals surface area contributed by atoms with E-state index in [9.17, 15) is 0 Å². The van der Waals surface area contributed by atoms with Gasteiger partial charge in [0.25, 0.3) is 0 Å². The highest BCUT2D eigenvalue weighted by atomic mass is 16.5. The first kappa shape index (κ1) is 12.7. The molecule has 5 nitrogen and oxygen atoms in total. The predicted molar refractivity (Wildman–Crippen MR) is 75.6 cm³/mol. The van der Waals surface area contributed by atoms with Crippen molar-refractivity contribution in [1.82, 2.24) is 9.97 Å². The van der Waals surface area contributed by atoms with Crippen molar-refractivity contribution in [2.45, 2.75) is 50.7 Å². The lowest BCUT2D eigenvalue weighted by Gasteiger charge is -2.35. The zero-order valence-corrected chi connectivity index (χ0v) is 11.6. The second-order valence-electron chi connectivity index (χ2n) is 5.47. The van der Waals surface area contributed by atoms with E-state index in [1.807, 2.05) is 6.07 Å². The molecule has 0 saturated heterocycles. The molecule has 2 saturated carbocycles. The standard InChI is InChI=1S/C14H22N4O/c1-3-15-12-8-13(16-10-6-11(7-10)19-2)18-14(17-12)9-4-5-9/h8-11H,3-7H2,1-2H3,(H2,15,16,17,18). The van der Waals surface area contributed by atoms with E-state index in [1.54, 1.807) is 7.11 Å². The summed E-state index contributed by atoms with van der Waals surface area (Å²) in [5.41, 5.74) is 0. The zero-order valence-electron chi connectivity index (χ0n) is 11.6. The number of nitrogens with one attached hydrogen (secondary N) is 2. The molecule has 2 N–H and O–H groups in total. The first-order valence-corrected chi connectivity index (χ1v) is 7.20. The molecular formula is C14H22N4O. The first-order valence-electron chi connectivity index (χ1n) is 7.20. The average Bonchev–Trinajstić information content (AvgIpc) is 3.17. The maximum Gasteiger partial charge on any atom is 0.136 e. The summed E-state index contributed by atoms with van der Waals surface area (Å²) in [6.07, 6.45) is 5.00. The third-order valence-corrected chi connectivity index (χ3v) is 3.82. The second-order valence-corrected chi connectivity index (χ2v) is 5.47. The Hall–Kier alpha value is -1.36. The number of hydrogen-bond donors (Lipinski definition) is 2. The fourth-order valence-corrected chi connectivity index (χ4v) is 2.42. The van der Waals surface area contributed by atoms with Gasteiger partial charge in [0.1, 0.15) is 17.5 Å². The van der Waals surface area contributed by atoms with Gasteiger partial charge < -0.3 is 15.4 Å². The van der Waals surface area contributed by atoms with Crippen LogP contribution in [0.1, 0.15) is 44.3 Å². The highest BCUT2D eigenvalue weighted by molar-refractivity contribution is 5.49. The molecule has 2 aliphatic rings. The van der Waals surface area contributed by atoms with Crippen LogP contribution >= 0.6 is 0 Å². The Bertz CT molecular complexity index is 441. The normalized spacial score (nSPS) is 25.8. The molecule has 2 aliphatic carbocycles. The Morgan fingerprint density at radius 2 is 2.00 bits per heavy atom. The fraction of sp³-hybridized carbons (Fsp3) is 0.714. The van der Waals surface area contributed by atoms with Crippen molar-refractivity contribution in [3.05, 3.63) is 11.9 Å². The van der Waals surface area contributed by atoms with Crippen LogP contribution in [-0.4, -0.2) is 35.8 Å². The Morgan fingerprint density at radius 3 is 2.63 bits per heavy atom. The van der Waals surface area contributed by atoms with E-state index in [0.717, 1.165) is 36.8 Å². The molecule has 0 unspecified atom stereocenters. The molecule has 0 spiro atoms. The number of methoxy groups -OCH3 is 1. The number of hydrogen-bond acceptors (Lipinski definition) is 5. The number of ether oxygens (including phenoxy) is 1. The Morgan fingerprint density at radius 1 is 1.26 bits per heavy atom. The minimum absolute atomic E-state index is 0.412. The maximum absolute atomic E-state index is 5.30. The minimum Gasteiger partial charge on any atom is -0.381 e. The highest BCUT2D eigenvalue weighted by Gasteiger charge is 2.30. The summed E-state index contributed by atoms with van der Waals surface area (Å²) in [7, 11) is 1.78. The predicted octanol–water partition coefficient (Wildman–Crippen LogP) is 2.38. The maximum atomic E-state index is 5.30. The van der Waals surface area contributed by atoms with Gasteiger partial charge in [-0.25, -0.2) is 9.97 Å². The van der Waals surface area contributed by atoms with E-state index in [-0.39, 0.29) is 0 Å². The van der Waals surface area contributed by atoms with Gasteiger partial charge in [-0.05, 0) is 32.6 Å². The monoisotopic (exact) mass is 262 g/mol. The molecule has 0 radical (unpaired) electrons. The fourth-order valence-electron chi connectivity index (χ4n) is 2.42. The lowest BCUT2D eigenvalue weighted by Crippen LogP contribution is -2.40. The van der Waals surface area contributed by atoms with Crippen LogP contribution in [0.2, 0.25) is 0 Å². The quantitative estimate of drug-likeness (QED) is 0.824. The van der Waals surface area contributed by atoms with E-state index in [2.05, 4.69) is 27.5 Å². The first-order chi connectivity index (χ1) is 9.28. The Balaban J connectivity index is 1.69. The molecule has 0 atom stereocenters. The number of nitrogens with zero attached hydrogens (tertiary/aromatic N) is 2. The van der Waals surface area contributed by atoms with Gasteiger partial charge in [-0.15, -0.1) is 0 Å². The molecule has 19 heavy (non-hydrogen) atoms. The van der Waals surface area contributed by atoms with Crippen LogP contribution in [0.5, 0.6) is 0 Å². The van der Waals surface area contributed by atoms with Crippen molar-refractivity contribution in [3.63, 3.8) is 0 Å². The molecule has 0 amide bonds. The van der Waals surface area contributed by atoms with Crippen LogP contribution in [-0.2, 0) is 4.74 Å². The van der Waals surface area contributed by atoms with Crippen LogP contribution in [0.4, 0.5) is 11.6 Å². The summed E-state index contributed by atoms with van der Waals surface area (Å²) in [6, 6.07) is 2.50. The van der Waals surface area contributed by atoms with Gasteiger partial charge in [0, 0.05) is 31.7 Å². The van der Waals surface area contributed by atoms with Crippen LogP contribution in [0, 0.1) is 0 Å². The van der Waals surface area contributed by atoms with Gasteiger partial charge in [-0.1, -0.05) is 0 Å². The van der Waals surface area contributed by atoms with E-state index in [0.29, 0.717) is 18.1 Å². The molecule has 1 heterocycles. The molecule has 1 aromatic heterocycles. The number of rotatable bonds is 6. The van der Waals surface area contributed by atoms with Gasteiger partial charge in [0.05, 0.1) is 6.10 Å². The van der Waals surface area contributed by atoms with Gasteiger partial charge in [0.15, 0.2) is 0 Å². The van der Waals surface area contributed by atoms with Crippen molar-refractivity contribution in [2.75, 3.05) is 24.3 Å². The number of aromatic nitrogens is 2. The van der Waals surface area contributed by atoms with Crippen molar-refractivity contribution >= 4 is 11.6 Å². The number of anilines is 2. The van der Waals surface area contributed by atoms with Gasteiger partial charge in [-0.3, -0.25) is 0 Å². The highest BCUT2D eigenvalue weighted by Crippen LogP contribution is 2.39. The third-order valence-electron chi connectivity index (χ3n) is 3.82. The van der Waals surface area contributed by atoms with Crippen LogP contribution in [0.3, 0.4) is 0 Å². The summed E-state index contributed by atoms with van der Waals surface area (Å²) in [5, 5.41) is 6.78. The molecule has 104 valence electrons. The van der Waals surface area contributed by atoms with Crippen LogP contribution in [0.25, 0.3) is 0 Å². The Labute approximate surface area is 114 Å². The molecule has 0 aliphatic heterocycles. The zero-order chi connectivity index (χ0) is 13.2. The average molecular weight is 262 g/mol. The molecule has 0 bridgehead atoms. The van der Waals surface area contributed by atoms with E-state index < -0.39 is 0 Å². The van der Waals surface area contributed by atoms with E-state index >= 15 is 0 Å². The topological polar surface area (TPSA) is 59.1 Å². The summed E-state index contributed by atoms with van der Waals surface area (Å²) in [6.45, 7) is 2.97. The second kappa shape index (κ2) is 5.33. The lowest BCUT2D eigenvalue weighted by molar-refractivity contribution is 0.0328. The smallest absolute Gasteiger partial charge is 0.136 e. The van der Waals surface area contributed by atoms with Crippen molar-refractivity contribution in [1.29, 1.82) is 0 Å². The molecule has 2 fully saturated rings. The van der Waals surface area contributed by atoms with E-state index in [4.69, 9.17) is 4.74 Å². The summed E-state index contributed by atoms with van der Waals surface area (Å²) in [5.74, 6) is 3.45. The molecule has 5 heteroatoms. The van der Waals surface area contributed by atoms with Crippen molar-refractivity contribution in [3.8, 4) is 0 Å². The minimum atomic E-state index is 0.412. The van der Waals surface area contributed by atoms with Gasteiger partial charge in [0.2, 0.25) is 0 Å². The van der Waals surface area contributed by atoms with Crippen molar-refractivity contribution in [2.24, 2.45) is 0 Å². The molecule has 1 aromatic rings. The van der Waals surface area contributed by atoms with E-state index in [1.165, 1.54) is 12.8 Å². The SMILES string of the molecule is CCNc1cc(NC2CC(OC)C2)nc(C2CC2)n1. The van der Waals surface area contributed by atoms with Crippen LogP contribution in [0.15, 0.2) is 6.07 Å². The van der Waals surface area contributed by atoms with Gasteiger partial charge in [-0.2, -0.15) is 0 Å². The lowest BCUT2D eigenvalue weighted by atomic mass is 9.89. The van der Waals surface area contributed by atoms with Crippen molar-refractivity contribution < 1.29 is 4.74 Å². The molecule has 0 aromatic carbocycles. The summed E-state index contributed by atoms with van der Waals surface area (Å²) >= 11 is 0. The van der Waals surface area contributed by atoms with Crippen LogP contribution < -0.4 is 10.6 Å². The largest absolute Gasteiger partial charge is 0.381 e. The summed E-state index contributed by atoms with van der Waals surface area (Å²) in [4.78, 5) is 9.23. The Kier molecular flexibility index (Phi) is 3.55. The molecule has 3 rings (SSSR count). The summed E-state index contributed by atoms with van der Waals surface area (Å²) < 4.78 is 5.30. The van der Waals surface area contributed by atoms with Gasteiger partial charge >= 0.3 is 0 Å².